The van der Waals surface area contributed by atoms with Crippen LogP contribution in [-0.2, 0) is 13.0 Å². The molecule has 0 radical (unpaired) electrons. The van der Waals surface area contributed by atoms with Crippen molar-refractivity contribution in [3.05, 3.63) is 63.9 Å². The molecule has 1 aliphatic carbocycles. The van der Waals surface area contributed by atoms with E-state index in [1.807, 2.05) is 19.3 Å². The highest BCUT2D eigenvalue weighted by Crippen LogP contribution is 2.38. The van der Waals surface area contributed by atoms with Crippen molar-refractivity contribution in [3.63, 3.8) is 0 Å². The van der Waals surface area contributed by atoms with Gasteiger partial charge in [0.25, 0.3) is 0 Å². The first-order valence-electron chi connectivity index (χ1n) is 7.16. The smallest absolute Gasteiger partial charge is 0.0510 e. The molecule has 20 heavy (non-hydrogen) atoms. The van der Waals surface area contributed by atoms with Gasteiger partial charge in [-0.15, -0.1) is 0 Å². The molecule has 1 unspecified atom stereocenters. The monoisotopic (exact) mass is 286 g/mol. The molecule has 0 saturated heterocycles. The molecule has 0 aliphatic heterocycles. The lowest BCUT2D eigenvalue weighted by atomic mass is 9.82. The Morgan fingerprint density at radius 3 is 3.05 bits per heavy atom. The van der Waals surface area contributed by atoms with E-state index in [1.54, 1.807) is 0 Å². The van der Waals surface area contributed by atoms with E-state index in [0.29, 0.717) is 5.92 Å². The highest BCUT2D eigenvalue weighted by atomic mass is 35.5. The summed E-state index contributed by atoms with van der Waals surface area (Å²) < 4.78 is 0. The molecule has 2 aromatic rings. The fraction of sp³-hybridized carbons (Fsp3) is 0.353. The topological polar surface area (TPSA) is 24.9 Å². The van der Waals surface area contributed by atoms with E-state index < -0.39 is 0 Å². The molecule has 1 aliphatic rings. The van der Waals surface area contributed by atoms with Gasteiger partial charge in [0, 0.05) is 23.7 Å². The van der Waals surface area contributed by atoms with Crippen LogP contribution in [0.15, 0.2) is 36.5 Å². The van der Waals surface area contributed by atoms with Gasteiger partial charge in [0.15, 0.2) is 0 Å². The minimum Gasteiger partial charge on any atom is -0.316 e. The summed E-state index contributed by atoms with van der Waals surface area (Å²) in [4.78, 5) is 4.61. The van der Waals surface area contributed by atoms with Crippen LogP contribution in [0.5, 0.6) is 0 Å². The van der Waals surface area contributed by atoms with Crippen LogP contribution in [0.25, 0.3) is 0 Å². The average Bonchev–Trinajstić information content (AvgIpc) is 2.47. The van der Waals surface area contributed by atoms with E-state index in [-0.39, 0.29) is 0 Å². The van der Waals surface area contributed by atoms with Crippen LogP contribution in [0.1, 0.15) is 41.1 Å². The number of fused-ring (bicyclic) bond motifs is 1. The zero-order chi connectivity index (χ0) is 13.9. The molecule has 1 aromatic heterocycles. The number of halogens is 1. The molecule has 0 bridgehead atoms. The van der Waals surface area contributed by atoms with Crippen LogP contribution in [0, 0.1) is 0 Å². The first kappa shape index (κ1) is 13.6. The van der Waals surface area contributed by atoms with Gasteiger partial charge in [0.2, 0.25) is 0 Å². The zero-order valence-corrected chi connectivity index (χ0v) is 12.5. The molecular weight excluding hydrogens is 268 g/mol. The Morgan fingerprint density at radius 2 is 2.25 bits per heavy atom. The third-order valence-corrected chi connectivity index (χ3v) is 4.34. The quantitative estimate of drug-likeness (QED) is 0.925. The minimum atomic E-state index is 0.344. The van der Waals surface area contributed by atoms with Gasteiger partial charge in [0.05, 0.1) is 5.69 Å². The van der Waals surface area contributed by atoms with E-state index in [0.717, 1.165) is 24.4 Å². The van der Waals surface area contributed by atoms with Crippen molar-refractivity contribution in [2.45, 2.75) is 31.7 Å². The Balaban J connectivity index is 1.98. The maximum absolute atomic E-state index is 6.51. The largest absolute Gasteiger partial charge is 0.316 e. The molecule has 104 valence electrons. The zero-order valence-electron chi connectivity index (χ0n) is 11.7. The van der Waals surface area contributed by atoms with Crippen molar-refractivity contribution < 1.29 is 0 Å². The predicted molar refractivity (Wildman–Crippen MR) is 83.2 cm³/mol. The van der Waals surface area contributed by atoms with Crippen LogP contribution in [0.2, 0.25) is 5.02 Å². The number of nitrogens with one attached hydrogen (secondary N) is 1. The number of hydrogen-bond acceptors (Lipinski definition) is 2. The Hall–Kier alpha value is -1.38. The molecule has 2 nitrogen and oxygen atoms in total. The minimum absolute atomic E-state index is 0.344. The third-order valence-electron chi connectivity index (χ3n) is 4.02. The van der Waals surface area contributed by atoms with Gasteiger partial charge in [-0.3, -0.25) is 4.98 Å². The van der Waals surface area contributed by atoms with Crippen LogP contribution < -0.4 is 5.32 Å². The second-order valence-electron chi connectivity index (χ2n) is 5.38. The van der Waals surface area contributed by atoms with E-state index >= 15 is 0 Å². The maximum atomic E-state index is 6.51. The van der Waals surface area contributed by atoms with Crippen LogP contribution in [0.4, 0.5) is 0 Å². The first-order valence-corrected chi connectivity index (χ1v) is 7.54. The van der Waals surface area contributed by atoms with Crippen molar-refractivity contribution in [1.29, 1.82) is 0 Å². The van der Waals surface area contributed by atoms with Crippen LogP contribution in [0.3, 0.4) is 0 Å². The lowest BCUT2D eigenvalue weighted by Crippen LogP contribution is -2.13. The second kappa shape index (κ2) is 5.94. The summed E-state index contributed by atoms with van der Waals surface area (Å²) in [5, 5.41) is 4.02. The van der Waals surface area contributed by atoms with Gasteiger partial charge < -0.3 is 5.32 Å². The van der Waals surface area contributed by atoms with Gasteiger partial charge in [-0.25, -0.2) is 0 Å². The lowest BCUT2D eigenvalue weighted by Gasteiger charge is -2.25. The molecule has 3 rings (SSSR count). The van der Waals surface area contributed by atoms with Crippen molar-refractivity contribution in [1.82, 2.24) is 10.3 Å². The van der Waals surface area contributed by atoms with Crippen molar-refractivity contribution in [3.8, 4) is 0 Å². The number of aryl methyl sites for hydroxylation is 1. The number of nitrogens with zero attached hydrogens (tertiary/aromatic N) is 1. The summed E-state index contributed by atoms with van der Waals surface area (Å²) in [6.45, 7) is 0.847. The van der Waals surface area contributed by atoms with Crippen molar-refractivity contribution in [2.24, 2.45) is 0 Å². The van der Waals surface area contributed by atoms with Gasteiger partial charge in [-0.2, -0.15) is 0 Å². The van der Waals surface area contributed by atoms with E-state index in [2.05, 4.69) is 34.6 Å². The summed E-state index contributed by atoms with van der Waals surface area (Å²) in [5.74, 6) is 0.344. The number of rotatable bonds is 3. The van der Waals surface area contributed by atoms with Crippen LogP contribution >= 0.6 is 11.6 Å². The Labute approximate surface area is 125 Å². The Kier molecular flexibility index (Phi) is 4.04. The average molecular weight is 287 g/mol. The standard InChI is InChI=1S/C17H19ClN2/c1-19-11-12-7-8-14(16(18)10-12)15-6-2-4-13-5-3-9-20-17(13)15/h3,5,7-10,15,19H,2,4,6,11H2,1H3. The van der Waals surface area contributed by atoms with Gasteiger partial charge in [-0.1, -0.05) is 29.8 Å². The molecule has 1 heterocycles. The lowest BCUT2D eigenvalue weighted by molar-refractivity contribution is 0.598. The summed E-state index contributed by atoms with van der Waals surface area (Å²) >= 11 is 6.51. The maximum Gasteiger partial charge on any atom is 0.0510 e. The highest BCUT2D eigenvalue weighted by molar-refractivity contribution is 6.31. The summed E-state index contributed by atoms with van der Waals surface area (Å²) in [5.41, 5.74) is 5.02. The molecular formula is C17H19ClN2. The summed E-state index contributed by atoms with van der Waals surface area (Å²) in [7, 11) is 1.95. The molecule has 1 aromatic carbocycles. The summed E-state index contributed by atoms with van der Waals surface area (Å²) in [6.07, 6.45) is 5.36. The van der Waals surface area contributed by atoms with Gasteiger partial charge >= 0.3 is 0 Å². The third kappa shape index (κ3) is 2.58. The first-order chi connectivity index (χ1) is 9.79. The molecule has 1 atom stereocenters. The molecule has 0 fully saturated rings. The van der Waals surface area contributed by atoms with E-state index in [9.17, 15) is 0 Å². The van der Waals surface area contributed by atoms with Gasteiger partial charge in [-0.05, 0) is 55.1 Å². The van der Waals surface area contributed by atoms with E-state index in [1.165, 1.54) is 28.8 Å². The summed E-state index contributed by atoms with van der Waals surface area (Å²) in [6, 6.07) is 10.6. The molecule has 0 spiro atoms. The fourth-order valence-corrected chi connectivity index (χ4v) is 3.41. The molecule has 3 heteroatoms. The Morgan fingerprint density at radius 1 is 1.35 bits per heavy atom. The normalized spacial score (nSPS) is 17.8. The Bertz CT molecular complexity index is 610. The second-order valence-corrected chi connectivity index (χ2v) is 5.79. The SMILES string of the molecule is CNCc1ccc(C2CCCc3cccnc32)c(Cl)c1. The molecule has 0 saturated carbocycles. The number of hydrogen-bond donors (Lipinski definition) is 1. The fourth-order valence-electron chi connectivity index (χ4n) is 3.08. The van der Waals surface area contributed by atoms with Crippen molar-refractivity contribution >= 4 is 11.6 Å². The van der Waals surface area contributed by atoms with Gasteiger partial charge in [0.1, 0.15) is 0 Å². The number of aromatic nitrogens is 1. The predicted octanol–water partition coefficient (Wildman–Crippen LogP) is 3.92. The highest BCUT2D eigenvalue weighted by Gasteiger charge is 2.24. The van der Waals surface area contributed by atoms with Crippen molar-refractivity contribution in [2.75, 3.05) is 7.05 Å². The van der Waals surface area contributed by atoms with E-state index in [4.69, 9.17) is 11.6 Å². The molecule has 1 N–H and O–H groups in total. The number of benzene rings is 1. The molecule has 0 amide bonds. The van der Waals surface area contributed by atoms with Crippen LogP contribution in [-0.4, -0.2) is 12.0 Å². The number of pyridine rings is 1.